The molecular formula is C16H24N2O4S. The zero-order valence-corrected chi connectivity index (χ0v) is 14.3. The van der Waals surface area contributed by atoms with Crippen molar-refractivity contribution >= 4 is 9.84 Å². The highest BCUT2D eigenvalue weighted by molar-refractivity contribution is 7.92. The van der Waals surface area contributed by atoms with E-state index in [4.69, 9.17) is 9.47 Å². The highest BCUT2D eigenvalue weighted by atomic mass is 32.2. The Morgan fingerprint density at radius 2 is 1.96 bits per heavy atom. The standard InChI is InChI=1S/C16H24N2O4S/c1-21-16-10-13(4-7-18-8-5-17-6-9-18)2-3-15(16)22-14-11-23(19,20)12-14/h2-3,10,14,17H,4-9,11-12H2,1H3. The predicted octanol–water partition coefficient (Wildman–Crippen LogP) is 0.319. The van der Waals surface area contributed by atoms with Crippen molar-refractivity contribution in [3.05, 3.63) is 23.8 Å². The molecule has 2 heterocycles. The van der Waals surface area contributed by atoms with E-state index in [0.717, 1.165) is 39.1 Å². The molecule has 0 radical (unpaired) electrons. The Morgan fingerprint density at radius 3 is 2.61 bits per heavy atom. The van der Waals surface area contributed by atoms with Crippen LogP contribution in [0.2, 0.25) is 0 Å². The van der Waals surface area contributed by atoms with Crippen LogP contribution in [-0.2, 0) is 16.3 Å². The number of nitrogens with zero attached hydrogens (tertiary/aromatic N) is 1. The van der Waals surface area contributed by atoms with Gasteiger partial charge >= 0.3 is 0 Å². The quantitative estimate of drug-likeness (QED) is 0.804. The lowest BCUT2D eigenvalue weighted by atomic mass is 10.1. The molecule has 1 aromatic carbocycles. The normalized spacial score (nSPS) is 21.6. The fourth-order valence-electron chi connectivity index (χ4n) is 2.95. The zero-order chi connectivity index (χ0) is 16.3. The molecule has 2 fully saturated rings. The Morgan fingerprint density at radius 1 is 1.22 bits per heavy atom. The Bertz CT molecular complexity index is 629. The minimum atomic E-state index is -2.88. The number of ether oxygens (including phenoxy) is 2. The molecule has 2 saturated heterocycles. The smallest absolute Gasteiger partial charge is 0.161 e. The lowest BCUT2D eigenvalue weighted by Crippen LogP contribution is -2.45. The first kappa shape index (κ1) is 16.5. The summed E-state index contributed by atoms with van der Waals surface area (Å²) in [5, 5.41) is 3.35. The summed E-state index contributed by atoms with van der Waals surface area (Å²) in [4.78, 5) is 2.45. The number of sulfone groups is 1. The molecule has 0 bridgehead atoms. The largest absolute Gasteiger partial charge is 0.493 e. The zero-order valence-electron chi connectivity index (χ0n) is 13.5. The maximum Gasteiger partial charge on any atom is 0.161 e. The number of piperazine rings is 1. The molecule has 0 aromatic heterocycles. The maximum absolute atomic E-state index is 11.2. The van der Waals surface area contributed by atoms with Gasteiger partial charge in [-0.1, -0.05) is 6.07 Å². The minimum Gasteiger partial charge on any atom is -0.493 e. The van der Waals surface area contributed by atoms with Gasteiger partial charge in [-0.15, -0.1) is 0 Å². The Labute approximate surface area is 137 Å². The summed E-state index contributed by atoms with van der Waals surface area (Å²) in [6.45, 7) is 5.33. The summed E-state index contributed by atoms with van der Waals surface area (Å²) >= 11 is 0. The second-order valence-corrected chi connectivity index (χ2v) is 8.30. The van der Waals surface area contributed by atoms with Crippen LogP contribution >= 0.6 is 0 Å². The fraction of sp³-hybridized carbons (Fsp3) is 0.625. The third kappa shape index (κ3) is 4.37. The summed E-state index contributed by atoms with van der Waals surface area (Å²) in [6, 6.07) is 5.91. The third-order valence-corrected chi connectivity index (χ3v) is 6.09. The van der Waals surface area contributed by atoms with Crippen LogP contribution in [0.1, 0.15) is 5.56 Å². The Hall–Kier alpha value is -1.31. The molecule has 1 N–H and O–H groups in total. The van der Waals surface area contributed by atoms with Gasteiger partial charge in [0.05, 0.1) is 18.6 Å². The number of benzene rings is 1. The van der Waals surface area contributed by atoms with E-state index >= 15 is 0 Å². The number of methoxy groups -OCH3 is 1. The second-order valence-electron chi connectivity index (χ2n) is 6.14. The van der Waals surface area contributed by atoms with Gasteiger partial charge in [-0.2, -0.15) is 0 Å². The van der Waals surface area contributed by atoms with Gasteiger partial charge in [0.25, 0.3) is 0 Å². The van der Waals surface area contributed by atoms with Crippen molar-refractivity contribution in [2.45, 2.75) is 12.5 Å². The van der Waals surface area contributed by atoms with Crippen molar-refractivity contribution in [2.24, 2.45) is 0 Å². The van der Waals surface area contributed by atoms with Crippen molar-refractivity contribution in [1.82, 2.24) is 10.2 Å². The Kier molecular flexibility index (Phi) is 5.08. The van der Waals surface area contributed by atoms with Crippen molar-refractivity contribution in [2.75, 3.05) is 51.3 Å². The molecule has 0 spiro atoms. The maximum atomic E-state index is 11.2. The molecule has 0 saturated carbocycles. The van der Waals surface area contributed by atoms with E-state index in [1.54, 1.807) is 7.11 Å². The van der Waals surface area contributed by atoms with Crippen LogP contribution in [0.25, 0.3) is 0 Å². The Balaban J connectivity index is 1.57. The second kappa shape index (κ2) is 7.07. The molecule has 3 rings (SSSR count). The monoisotopic (exact) mass is 340 g/mol. The average molecular weight is 340 g/mol. The summed E-state index contributed by atoms with van der Waals surface area (Å²) < 4.78 is 33.6. The van der Waals surface area contributed by atoms with E-state index < -0.39 is 9.84 Å². The van der Waals surface area contributed by atoms with Gasteiger partial charge in [0.2, 0.25) is 0 Å². The van der Waals surface area contributed by atoms with Gasteiger partial charge in [-0.25, -0.2) is 8.42 Å². The highest BCUT2D eigenvalue weighted by Crippen LogP contribution is 2.31. The fourth-order valence-corrected chi connectivity index (χ4v) is 4.12. The van der Waals surface area contributed by atoms with E-state index in [0.29, 0.717) is 11.5 Å². The topological polar surface area (TPSA) is 67.9 Å². The number of nitrogens with one attached hydrogen (secondary N) is 1. The van der Waals surface area contributed by atoms with E-state index in [1.165, 1.54) is 5.56 Å². The molecule has 128 valence electrons. The molecule has 23 heavy (non-hydrogen) atoms. The van der Waals surface area contributed by atoms with Crippen LogP contribution in [0, 0.1) is 0 Å². The lowest BCUT2D eigenvalue weighted by molar-refractivity contribution is 0.219. The van der Waals surface area contributed by atoms with Crippen LogP contribution in [-0.4, -0.2) is 70.8 Å². The number of rotatable bonds is 6. The summed E-state index contributed by atoms with van der Waals surface area (Å²) in [5.74, 6) is 1.49. The number of hydrogen-bond acceptors (Lipinski definition) is 6. The van der Waals surface area contributed by atoms with Crippen LogP contribution in [0.15, 0.2) is 18.2 Å². The van der Waals surface area contributed by atoms with Crippen molar-refractivity contribution < 1.29 is 17.9 Å². The van der Waals surface area contributed by atoms with Gasteiger partial charge < -0.3 is 19.7 Å². The molecule has 2 aliphatic heterocycles. The first-order chi connectivity index (χ1) is 11.1. The van der Waals surface area contributed by atoms with Crippen LogP contribution in [0.4, 0.5) is 0 Å². The van der Waals surface area contributed by atoms with E-state index in [1.807, 2.05) is 18.2 Å². The molecule has 7 heteroatoms. The van der Waals surface area contributed by atoms with E-state index in [9.17, 15) is 8.42 Å². The van der Waals surface area contributed by atoms with E-state index in [2.05, 4.69) is 10.2 Å². The van der Waals surface area contributed by atoms with Gasteiger partial charge in [0, 0.05) is 32.7 Å². The van der Waals surface area contributed by atoms with Gasteiger partial charge in [0.1, 0.15) is 6.10 Å². The number of hydrogen-bond donors (Lipinski definition) is 1. The predicted molar refractivity (Wildman–Crippen MR) is 89.1 cm³/mol. The first-order valence-electron chi connectivity index (χ1n) is 8.03. The molecule has 0 amide bonds. The van der Waals surface area contributed by atoms with Crippen LogP contribution < -0.4 is 14.8 Å². The van der Waals surface area contributed by atoms with E-state index in [-0.39, 0.29) is 17.6 Å². The molecule has 1 aromatic rings. The minimum absolute atomic E-state index is 0.0981. The molecule has 6 nitrogen and oxygen atoms in total. The summed E-state index contributed by atoms with van der Waals surface area (Å²) in [6.07, 6.45) is 0.717. The molecular weight excluding hydrogens is 316 g/mol. The van der Waals surface area contributed by atoms with Gasteiger partial charge in [-0.05, 0) is 24.1 Å². The SMILES string of the molecule is COc1cc(CCN2CCNCC2)ccc1OC1CS(=O)(=O)C1. The van der Waals surface area contributed by atoms with Gasteiger partial charge in [-0.3, -0.25) is 0 Å². The summed E-state index contributed by atoms with van der Waals surface area (Å²) in [5.41, 5.74) is 1.20. The lowest BCUT2D eigenvalue weighted by Gasteiger charge is -2.28. The van der Waals surface area contributed by atoms with Gasteiger partial charge in [0.15, 0.2) is 21.3 Å². The van der Waals surface area contributed by atoms with Crippen molar-refractivity contribution in [3.8, 4) is 11.5 Å². The molecule has 0 atom stereocenters. The van der Waals surface area contributed by atoms with Crippen molar-refractivity contribution in [3.63, 3.8) is 0 Å². The molecule has 0 aliphatic carbocycles. The average Bonchev–Trinajstić information content (AvgIpc) is 2.53. The molecule has 2 aliphatic rings. The molecule has 0 unspecified atom stereocenters. The highest BCUT2D eigenvalue weighted by Gasteiger charge is 2.35. The first-order valence-corrected chi connectivity index (χ1v) is 9.85. The van der Waals surface area contributed by atoms with Crippen molar-refractivity contribution in [1.29, 1.82) is 0 Å². The third-order valence-electron chi connectivity index (χ3n) is 4.33. The van der Waals surface area contributed by atoms with Crippen LogP contribution in [0.3, 0.4) is 0 Å². The summed E-state index contributed by atoms with van der Waals surface area (Å²) in [7, 11) is -1.27. The van der Waals surface area contributed by atoms with Crippen LogP contribution in [0.5, 0.6) is 11.5 Å².